The number of carbonyl (C=O) groups is 1. The number of methoxy groups -OCH3 is 2. The van der Waals surface area contributed by atoms with E-state index >= 15 is 0 Å². The topological polar surface area (TPSA) is 63.5 Å². The molecule has 1 unspecified atom stereocenters. The summed E-state index contributed by atoms with van der Waals surface area (Å²) in [4.78, 5) is 24.5. The third-order valence-electron chi connectivity index (χ3n) is 5.85. The normalized spacial score (nSPS) is 16.4. The Morgan fingerprint density at radius 3 is 2.43 bits per heavy atom. The number of hydrogen-bond acceptors (Lipinski definition) is 6. The molecule has 2 heterocycles. The zero-order valence-corrected chi connectivity index (χ0v) is 21.3. The van der Waals surface area contributed by atoms with Gasteiger partial charge in [-0.05, 0) is 29.3 Å². The van der Waals surface area contributed by atoms with Crippen molar-refractivity contribution in [2.45, 2.75) is 18.2 Å². The van der Waals surface area contributed by atoms with E-state index in [9.17, 15) is 4.79 Å². The van der Waals surface area contributed by atoms with Crippen LogP contribution in [0, 0.1) is 0 Å². The van der Waals surface area contributed by atoms with Crippen LogP contribution < -0.4 is 9.47 Å². The molecule has 3 aromatic carbocycles. The lowest BCUT2D eigenvalue weighted by Crippen LogP contribution is -2.44. The van der Waals surface area contributed by atoms with Gasteiger partial charge in [-0.15, -0.1) is 0 Å². The summed E-state index contributed by atoms with van der Waals surface area (Å²) in [7, 11) is 3.15. The molecule has 2 aliphatic rings. The van der Waals surface area contributed by atoms with Crippen molar-refractivity contribution in [3.63, 3.8) is 0 Å². The minimum absolute atomic E-state index is 0.204. The second-order valence-electron chi connectivity index (χ2n) is 7.99. The summed E-state index contributed by atoms with van der Waals surface area (Å²) in [5.41, 5.74) is 3.35. The maximum atomic E-state index is 13.2. The number of amides is 1. The first-order valence-corrected chi connectivity index (χ1v) is 12.6. The summed E-state index contributed by atoms with van der Waals surface area (Å²) < 4.78 is 11.0. The molecule has 0 fully saturated rings. The molecule has 0 saturated heterocycles. The van der Waals surface area contributed by atoms with Gasteiger partial charge in [-0.2, -0.15) is 4.99 Å². The Morgan fingerprint density at radius 2 is 1.71 bits per heavy atom. The van der Waals surface area contributed by atoms with E-state index in [-0.39, 0.29) is 5.91 Å². The van der Waals surface area contributed by atoms with Gasteiger partial charge in [-0.25, -0.2) is 4.99 Å². The number of nitrogens with zero attached hydrogens (tertiary/aromatic N) is 3. The van der Waals surface area contributed by atoms with Gasteiger partial charge in [0.1, 0.15) is 11.9 Å². The molecule has 0 aliphatic carbocycles. The van der Waals surface area contributed by atoms with Crippen LogP contribution in [0.15, 0.2) is 70.6 Å². The first-order chi connectivity index (χ1) is 17.0. The number of carbonyl (C=O) groups excluding carboxylic acids is 1. The first kappa shape index (κ1) is 23.7. The summed E-state index contributed by atoms with van der Waals surface area (Å²) in [5.74, 6) is 2.01. The van der Waals surface area contributed by atoms with Crippen LogP contribution in [0.1, 0.15) is 16.7 Å². The lowest BCUT2D eigenvalue weighted by Gasteiger charge is -2.31. The summed E-state index contributed by atoms with van der Waals surface area (Å²) in [6, 6.07) is 18.5. The van der Waals surface area contributed by atoms with E-state index in [4.69, 9.17) is 37.7 Å². The molecular weight excluding hydrogens is 505 g/mol. The molecule has 1 amide bonds. The monoisotopic (exact) mass is 525 g/mol. The van der Waals surface area contributed by atoms with Crippen LogP contribution in [0.4, 0.5) is 5.69 Å². The highest BCUT2D eigenvalue weighted by atomic mass is 35.5. The zero-order valence-electron chi connectivity index (χ0n) is 19.0. The molecular formula is C26H21Cl2N3O3S. The van der Waals surface area contributed by atoms with Crippen molar-refractivity contribution >= 4 is 57.6 Å². The van der Waals surface area contributed by atoms with Crippen molar-refractivity contribution in [1.29, 1.82) is 0 Å². The van der Waals surface area contributed by atoms with Crippen LogP contribution in [0.3, 0.4) is 0 Å². The maximum absolute atomic E-state index is 13.2. The molecule has 6 nitrogen and oxygen atoms in total. The van der Waals surface area contributed by atoms with Gasteiger partial charge in [0, 0.05) is 33.8 Å². The van der Waals surface area contributed by atoms with Gasteiger partial charge in [0.2, 0.25) is 0 Å². The number of halogens is 2. The SMILES string of the molecule is COc1cc2c(cc1OC)C1=NC(=O)C(Cc3ccccc3)N1C(SCc1ccc(Cl)cc1Cl)=N2. The van der Waals surface area contributed by atoms with Gasteiger partial charge in [-0.1, -0.05) is 71.4 Å². The summed E-state index contributed by atoms with van der Waals surface area (Å²) in [6.45, 7) is 0. The maximum Gasteiger partial charge on any atom is 0.271 e. The molecule has 178 valence electrons. The lowest BCUT2D eigenvalue weighted by molar-refractivity contribution is -0.119. The van der Waals surface area contributed by atoms with E-state index in [0.29, 0.717) is 50.4 Å². The second kappa shape index (κ2) is 9.93. The van der Waals surface area contributed by atoms with E-state index in [0.717, 1.165) is 16.7 Å². The average molecular weight is 526 g/mol. The van der Waals surface area contributed by atoms with Crippen LogP contribution in [-0.4, -0.2) is 42.1 Å². The number of benzene rings is 3. The van der Waals surface area contributed by atoms with Gasteiger partial charge in [0.15, 0.2) is 16.7 Å². The third-order valence-corrected chi connectivity index (χ3v) is 7.44. The Kier molecular flexibility index (Phi) is 6.73. The van der Waals surface area contributed by atoms with E-state index in [1.54, 1.807) is 26.4 Å². The lowest BCUT2D eigenvalue weighted by atomic mass is 10.0. The smallest absolute Gasteiger partial charge is 0.271 e. The fourth-order valence-electron chi connectivity index (χ4n) is 4.10. The van der Waals surface area contributed by atoms with Gasteiger partial charge >= 0.3 is 0 Å². The molecule has 9 heteroatoms. The number of hydrogen-bond donors (Lipinski definition) is 0. The van der Waals surface area contributed by atoms with E-state index in [2.05, 4.69) is 4.99 Å². The minimum atomic E-state index is -0.499. The predicted molar refractivity (Wildman–Crippen MR) is 142 cm³/mol. The fourth-order valence-corrected chi connectivity index (χ4v) is 5.71. The molecule has 5 rings (SSSR count). The molecule has 0 aromatic heterocycles. The van der Waals surface area contributed by atoms with Gasteiger partial charge in [-0.3, -0.25) is 9.69 Å². The zero-order chi connectivity index (χ0) is 24.5. The average Bonchev–Trinajstić information content (AvgIpc) is 3.19. The van der Waals surface area contributed by atoms with E-state index < -0.39 is 6.04 Å². The van der Waals surface area contributed by atoms with Crippen molar-refractivity contribution in [2.75, 3.05) is 14.2 Å². The van der Waals surface area contributed by atoms with Crippen LogP contribution in [-0.2, 0) is 17.0 Å². The summed E-state index contributed by atoms with van der Waals surface area (Å²) >= 11 is 14.0. The van der Waals surface area contributed by atoms with E-state index in [1.807, 2.05) is 53.4 Å². The van der Waals surface area contributed by atoms with Crippen molar-refractivity contribution in [2.24, 2.45) is 9.98 Å². The molecule has 0 N–H and O–H groups in total. The predicted octanol–water partition coefficient (Wildman–Crippen LogP) is 6.15. The van der Waals surface area contributed by atoms with E-state index in [1.165, 1.54) is 11.8 Å². The first-order valence-electron chi connectivity index (χ1n) is 10.9. The Hall–Kier alpha value is -3.00. The summed E-state index contributed by atoms with van der Waals surface area (Å²) in [5, 5.41) is 1.83. The van der Waals surface area contributed by atoms with Crippen molar-refractivity contribution in [3.8, 4) is 11.5 Å². The molecule has 2 aliphatic heterocycles. The summed E-state index contributed by atoms with van der Waals surface area (Å²) in [6.07, 6.45) is 0.510. The molecule has 0 saturated carbocycles. The number of amidine groups is 2. The Bertz CT molecular complexity index is 1360. The van der Waals surface area contributed by atoms with Crippen molar-refractivity contribution in [3.05, 3.63) is 87.4 Å². The molecule has 35 heavy (non-hydrogen) atoms. The van der Waals surface area contributed by atoms with Crippen LogP contribution in [0.2, 0.25) is 10.0 Å². The molecule has 0 radical (unpaired) electrons. The highest BCUT2D eigenvalue weighted by Crippen LogP contribution is 2.42. The second-order valence-corrected chi connectivity index (χ2v) is 9.78. The Balaban J connectivity index is 1.55. The Labute approximate surface area is 217 Å². The third kappa shape index (κ3) is 4.63. The number of rotatable bonds is 6. The van der Waals surface area contributed by atoms with Gasteiger partial charge in [0.25, 0.3) is 5.91 Å². The van der Waals surface area contributed by atoms with Crippen molar-refractivity contribution < 1.29 is 14.3 Å². The minimum Gasteiger partial charge on any atom is -0.493 e. The number of ether oxygens (including phenoxy) is 2. The highest BCUT2D eigenvalue weighted by Gasteiger charge is 2.42. The van der Waals surface area contributed by atoms with Crippen LogP contribution in [0.25, 0.3) is 0 Å². The van der Waals surface area contributed by atoms with Gasteiger partial charge in [0.05, 0.1) is 19.9 Å². The van der Waals surface area contributed by atoms with Crippen molar-refractivity contribution in [1.82, 2.24) is 4.90 Å². The molecule has 3 aromatic rings. The molecule has 1 atom stereocenters. The van der Waals surface area contributed by atoms with Crippen LogP contribution in [0.5, 0.6) is 11.5 Å². The molecule has 0 spiro atoms. The number of aliphatic imine (C=N–C) groups is 2. The number of fused-ring (bicyclic) bond motifs is 3. The number of thioether (sulfide) groups is 1. The standard InChI is InChI=1S/C26H21Cl2N3O3S/c1-33-22-12-18-20(13-23(22)34-2)29-26(35-14-16-8-9-17(27)11-19(16)28)31-21(25(32)30-24(18)31)10-15-6-4-3-5-7-15/h3-9,11-13,21H,10,14H2,1-2H3. The quantitative estimate of drug-likeness (QED) is 0.386. The van der Waals surface area contributed by atoms with Gasteiger partial charge < -0.3 is 9.47 Å². The largest absolute Gasteiger partial charge is 0.493 e. The highest BCUT2D eigenvalue weighted by molar-refractivity contribution is 8.13. The fraction of sp³-hybridized carbons (Fsp3) is 0.192. The molecule has 0 bridgehead atoms. The van der Waals surface area contributed by atoms with Crippen LogP contribution >= 0.6 is 35.0 Å². The Morgan fingerprint density at radius 1 is 0.971 bits per heavy atom.